The molecule has 1 saturated heterocycles. The van der Waals surface area contributed by atoms with Gasteiger partial charge in [-0.25, -0.2) is 0 Å². The predicted molar refractivity (Wildman–Crippen MR) is 130 cm³/mol. The molecule has 3 aromatic rings. The molecular formula is C26H24N2O3S. The quantitative estimate of drug-likeness (QED) is 0.459. The zero-order chi connectivity index (χ0) is 22.3. The van der Waals surface area contributed by atoms with Gasteiger partial charge in [0.25, 0.3) is 5.91 Å². The summed E-state index contributed by atoms with van der Waals surface area (Å²) in [4.78, 5) is 20.5. The lowest BCUT2D eigenvalue weighted by Crippen LogP contribution is -2.28. The second kappa shape index (κ2) is 10.2. The number of rotatable bonds is 7. The topological polar surface area (TPSA) is 51.1 Å². The average molecular weight is 445 g/mol. The molecule has 1 aliphatic heterocycles. The van der Waals surface area contributed by atoms with Crippen LogP contribution < -0.4 is 9.47 Å². The fraction of sp³-hybridized carbons (Fsp3) is 0.154. The molecule has 3 aromatic carbocycles. The van der Waals surface area contributed by atoms with Crippen LogP contribution in [0.5, 0.6) is 11.5 Å². The Bertz CT molecular complexity index is 1140. The minimum absolute atomic E-state index is 0.0551. The van der Waals surface area contributed by atoms with E-state index in [0.29, 0.717) is 34.7 Å². The van der Waals surface area contributed by atoms with Crippen LogP contribution in [0.15, 0.2) is 88.8 Å². The Kier molecular flexibility index (Phi) is 6.92. The average Bonchev–Trinajstić information content (AvgIpc) is 3.13. The van der Waals surface area contributed by atoms with Gasteiger partial charge in [-0.1, -0.05) is 66.7 Å². The van der Waals surface area contributed by atoms with Crippen molar-refractivity contribution in [1.82, 2.24) is 4.90 Å². The Balaban J connectivity index is 1.64. The van der Waals surface area contributed by atoms with Crippen LogP contribution in [0.1, 0.15) is 16.7 Å². The van der Waals surface area contributed by atoms with E-state index in [2.05, 4.69) is 0 Å². The van der Waals surface area contributed by atoms with Crippen molar-refractivity contribution < 1.29 is 14.3 Å². The summed E-state index contributed by atoms with van der Waals surface area (Å²) >= 11 is 1.40. The summed E-state index contributed by atoms with van der Waals surface area (Å²) in [6.45, 7) is 0.995. The first-order valence-corrected chi connectivity index (χ1v) is 11.1. The van der Waals surface area contributed by atoms with Crippen LogP contribution in [-0.2, 0) is 17.9 Å². The molecule has 1 amide bonds. The van der Waals surface area contributed by atoms with Gasteiger partial charge in [0.15, 0.2) is 16.7 Å². The van der Waals surface area contributed by atoms with Crippen LogP contribution in [0.4, 0.5) is 0 Å². The van der Waals surface area contributed by atoms with E-state index < -0.39 is 0 Å². The molecule has 0 atom stereocenters. The van der Waals surface area contributed by atoms with Crippen LogP contribution in [0, 0.1) is 0 Å². The molecule has 0 aromatic heterocycles. The molecule has 0 N–H and O–H groups in total. The van der Waals surface area contributed by atoms with Crippen LogP contribution in [-0.4, -0.2) is 30.2 Å². The summed E-state index contributed by atoms with van der Waals surface area (Å²) in [5.41, 5.74) is 3.02. The largest absolute Gasteiger partial charge is 0.493 e. The second-order valence-electron chi connectivity index (χ2n) is 7.19. The molecule has 1 heterocycles. The van der Waals surface area contributed by atoms with Gasteiger partial charge in [-0.15, -0.1) is 0 Å². The third-order valence-electron chi connectivity index (χ3n) is 5.02. The number of ether oxygens (including phenoxy) is 2. The fourth-order valence-electron chi connectivity index (χ4n) is 3.37. The predicted octanol–water partition coefficient (Wildman–Crippen LogP) is 5.38. The Hall–Kier alpha value is -3.51. The normalized spacial score (nSPS) is 16.1. The Morgan fingerprint density at radius 2 is 1.53 bits per heavy atom. The van der Waals surface area contributed by atoms with Gasteiger partial charge in [-0.2, -0.15) is 0 Å². The van der Waals surface area contributed by atoms with Gasteiger partial charge >= 0.3 is 0 Å². The number of benzene rings is 3. The minimum Gasteiger partial charge on any atom is -0.493 e. The van der Waals surface area contributed by atoms with E-state index in [9.17, 15) is 4.79 Å². The maximum Gasteiger partial charge on any atom is 0.267 e. The molecule has 5 nitrogen and oxygen atoms in total. The highest BCUT2D eigenvalue weighted by atomic mass is 32.2. The number of thioether (sulfide) groups is 1. The van der Waals surface area contributed by atoms with Crippen LogP contribution in [0.3, 0.4) is 0 Å². The number of hydrogen-bond donors (Lipinski definition) is 0. The lowest BCUT2D eigenvalue weighted by molar-refractivity contribution is -0.122. The molecule has 1 fully saturated rings. The molecule has 0 radical (unpaired) electrons. The van der Waals surface area contributed by atoms with E-state index >= 15 is 0 Å². The van der Waals surface area contributed by atoms with E-state index in [1.54, 1.807) is 19.1 Å². The highest BCUT2D eigenvalue weighted by Crippen LogP contribution is 2.35. The molecule has 6 heteroatoms. The fourth-order valence-corrected chi connectivity index (χ4v) is 4.34. The van der Waals surface area contributed by atoms with Crippen molar-refractivity contribution in [2.24, 2.45) is 4.99 Å². The van der Waals surface area contributed by atoms with Crippen molar-refractivity contribution >= 4 is 28.9 Å². The molecule has 0 unspecified atom stereocenters. The van der Waals surface area contributed by atoms with Gasteiger partial charge in [0.1, 0.15) is 0 Å². The van der Waals surface area contributed by atoms with Gasteiger partial charge in [-0.3, -0.25) is 14.7 Å². The summed E-state index contributed by atoms with van der Waals surface area (Å²) in [5, 5.41) is 0.703. The van der Waals surface area contributed by atoms with Crippen molar-refractivity contribution in [2.75, 3.05) is 14.2 Å². The zero-order valence-corrected chi connectivity index (χ0v) is 18.8. The van der Waals surface area contributed by atoms with Gasteiger partial charge in [0.05, 0.1) is 32.2 Å². The standard InChI is InChI=1S/C26H24N2O3S/c1-30-22-14-13-21(15-23(22)31-2)16-24-25(29)28(18-20-11-7-4-8-12-20)26(32-24)27-17-19-9-5-3-6-10-19/h3-16H,17-18H2,1-2H3/b24-16-,27-26?. The van der Waals surface area contributed by atoms with Crippen molar-refractivity contribution in [3.63, 3.8) is 0 Å². The van der Waals surface area contributed by atoms with Crippen LogP contribution >= 0.6 is 11.8 Å². The highest BCUT2D eigenvalue weighted by molar-refractivity contribution is 8.18. The van der Waals surface area contributed by atoms with E-state index in [4.69, 9.17) is 14.5 Å². The number of amides is 1. The number of carbonyl (C=O) groups is 1. The Morgan fingerprint density at radius 3 is 2.19 bits per heavy atom. The summed E-state index contributed by atoms with van der Waals surface area (Å²) in [7, 11) is 3.20. The molecule has 32 heavy (non-hydrogen) atoms. The van der Waals surface area contributed by atoms with E-state index in [1.165, 1.54) is 11.8 Å². The summed E-state index contributed by atoms with van der Waals surface area (Å²) in [6.07, 6.45) is 1.87. The molecule has 4 rings (SSSR count). The number of hydrogen-bond acceptors (Lipinski definition) is 5. The summed E-state index contributed by atoms with van der Waals surface area (Å²) in [5.74, 6) is 1.22. The Morgan fingerprint density at radius 1 is 0.875 bits per heavy atom. The van der Waals surface area contributed by atoms with Gasteiger partial charge in [-0.05, 0) is 46.7 Å². The third kappa shape index (κ3) is 5.03. The first-order valence-electron chi connectivity index (χ1n) is 10.2. The van der Waals surface area contributed by atoms with E-state index in [0.717, 1.165) is 16.7 Å². The molecule has 0 spiro atoms. The monoisotopic (exact) mass is 444 g/mol. The van der Waals surface area contributed by atoms with Crippen LogP contribution in [0.25, 0.3) is 6.08 Å². The molecule has 162 valence electrons. The maximum atomic E-state index is 13.3. The van der Waals surface area contributed by atoms with Gasteiger partial charge in [0, 0.05) is 0 Å². The lowest BCUT2D eigenvalue weighted by atomic mass is 10.1. The third-order valence-corrected chi connectivity index (χ3v) is 6.06. The zero-order valence-electron chi connectivity index (χ0n) is 18.0. The molecular weight excluding hydrogens is 420 g/mol. The number of carbonyl (C=O) groups excluding carboxylic acids is 1. The maximum absolute atomic E-state index is 13.3. The number of methoxy groups -OCH3 is 2. The smallest absolute Gasteiger partial charge is 0.267 e. The number of nitrogens with zero attached hydrogens (tertiary/aromatic N) is 2. The first-order chi connectivity index (χ1) is 15.7. The van der Waals surface area contributed by atoms with Crippen molar-refractivity contribution in [3.05, 3.63) is 100 Å². The second-order valence-corrected chi connectivity index (χ2v) is 8.20. The minimum atomic E-state index is -0.0551. The highest BCUT2D eigenvalue weighted by Gasteiger charge is 2.33. The lowest BCUT2D eigenvalue weighted by Gasteiger charge is -2.15. The summed E-state index contributed by atoms with van der Waals surface area (Å²) < 4.78 is 10.7. The SMILES string of the molecule is COc1ccc(/C=C2\SC(=NCc3ccccc3)N(Cc3ccccc3)C2=O)cc1OC. The van der Waals surface area contributed by atoms with Crippen molar-refractivity contribution in [1.29, 1.82) is 0 Å². The van der Waals surface area contributed by atoms with E-state index in [-0.39, 0.29) is 5.91 Å². The van der Waals surface area contributed by atoms with Crippen molar-refractivity contribution in [2.45, 2.75) is 13.1 Å². The van der Waals surface area contributed by atoms with E-state index in [1.807, 2.05) is 84.9 Å². The summed E-state index contributed by atoms with van der Waals surface area (Å²) in [6, 6.07) is 25.6. The first kappa shape index (κ1) is 21.7. The van der Waals surface area contributed by atoms with Gasteiger partial charge < -0.3 is 9.47 Å². The molecule has 0 saturated carbocycles. The number of amidine groups is 1. The molecule has 1 aliphatic rings. The van der Waals surface area contributed by atoms with Crippen molar-refractivity contribution in [3.8, 4) is 11.5 Å². The molecule has 0 aliphatic carbocycles. The Labute approximate surface area is 192 Å². The van der Waals surface area contributed by atoms with Crippen LogP contribution in [0.2, 0.25) is 0 Å². The number of aliphatic imine (C=N–C) groups is 1. The van der Waals surface area contributed by atoms with Gasteiger partial charge in [0.2, 0.25) is 0 Å². The molecule has 0 bridgehead atoms.